The molecule has 0 saturated carbocycles. The molecule has 6 unspecified atom stereocenters. The maximum atomic E-state index is 13.5. The van der Waals surface area contributed by atoms with E-state index in [1.54, 1.807) is 42.5 Å². The third-order valence-corrected chi connectivity index (χ3v) is 19.2. The first-order valence-corrected chi connectivity index (χ1v) is 54.8. The minimum absolute atomic E-state index is 0. The Morgan fingerprint density at radius 1 is 0.395 bits per heavy atom. The third-order valence-electron chi connectivity index (χ3n) is 19.2. The second kappa shape index (κ2) is 45.2. The van der Waals surface area contributed by atoms with Crippen LogP contribution in [0.2, 0.25) is 0 Å². The number of hydrogen-bond acceptors (Lipinski definition) is 12. The van der Waals surface area contributed by atoms with Crippen molar-refractivity contribution < 1.29 is 136 Å². The molecule has 124 heavy (non-hydrogen) atoms. The van der Waals surface area contributed by atoms with Crippen molar-refractivity contribution in [3.8, 4) is 67.9 Å². The van der Waals surface area contributed by atoms with Gasteiger partial charge in [0.15, 0.2) is 18.3 Å². The van der Waals surface area contributed by atoms with Gasteiger partial charge < -0.3 is 58.5 Å². The Hall–Kier alpha value is -7.14. The number of epoxide rings is 1. The fourth-order valence-corrected chi connectivity index (χ4v) is 14.0. The molecule has 0 amide bonds. The van der Waals surface area contributed by atoms with E-state index in [0.717, 1.165) is 92.2 Å². The summed E-state index contributed by atoms with van der Waals surface area (Å²) in [5.41, 5.74) is 11.0. The Labute approximate surface area is 750 Å². The van der Waals surface area contributed by atoms with Gasteiger partial charge in [0.05, 0.1) is 56.1 Å². The number of rotatable bonds is 25. The number of halogens is 21. The molecular weight excluding hydrogens is 1730 g/mol. The number of aliphatic hydroxyl groups is 2. The third kappa shape index (κ3) is 28.7. The van der Waals surface area contributed by atoms with Crippen molar-refractivity contribution in [1.29, 1.82) is 0 Å². The van der Waals surface area contributed by atoms with Crippen LogP contribution in [0.3, 0.4) is 0 Å². The molecule has 12 nitrogen and oxygen atoms in total. The SMILES string of the molecule is C.C.CC(C)Oc1cccc(-c2cccc3c2CCC(c2cccc(OC(F)(F)C(F)F)c2)N3)c1.CC(C)Oc1cccc(-c2cccc3c2CCC(c2cccc(OC(F)(F)C(F)F)c2)N3CC(O)C(F)(F)F)c1.CC(C)Oc1cccc(-c2cccc3c2CCC(c2cccc(OC(F)(F)C(F)F)c2)N3CC(O)C(F)(F)F)c1.FC(F)(F)C1CO1.[K][K]. The standard InChI is InChI=1S/2C29H28F7NO3.C26H25F4NO2.C3H3F3O.2CH4.2K/c2*1-17(2)39-20-8-3-6-18(14-20)22-10-5-11-25-23(22)12-13-24(37(25)16-26(38)28(32,33)34)19-7-4-9-21(15-19)40-29(35,36)27(30)31;1-16(2)32-19-8-3-6-17(14-19)21-10-5-11-24-22(21)12-13-23(31-24)18-7-4-9-20(15-18)33-26(29,30)25(27)28;4-3(5,6)2-1-7-2;;;;/h2*3-11,14-15,17,24,26-27,38H,12-13,16H2,1-2H3;3-11,14-16,23,25,31H,12-13H2,1-2H3;2H,1H2;2*1H4;;. The molecule has 13 rings (SSSR count). The van der Waals surface area contributed by atoms with Crippen molar-refractivity contribution in [2.24, 2.45) is 0 Å². The fourth-order valence-electron chi connectivity index (χ4n) is 14.0. The number of aliphatic hydroxyl groups excluding tert-OH is 2. The van der Waals surface area contributed by atoms with E-state index in [1.807, 2.05) is 126 Å². The number of β-amino-alcohol motifs (C(OH)–C–C–N with tert-alkyl or cyclic N) is 2. The molecule has 9 aromatic rings. The first kappa shape index (κ1) is 104. The van der Waals surface area contributed by atoms with Crippen molar-refractivity contribution in [3.05, 3.63) is 234 Å². The summed E-state index contributed by atoms with van der Waals surface area (Å²) in [6.45, 7) is 9.69. The van der Waals surface area contributed by atoms with Gasteiger partial charge in [0, 0.05) is 17.1 Å². The molecule has 0 bridgehead atoms. The second-order valence-electron chi connectivity index (χ2n) is 29.3. The Kier molecular flexibility index (Phi) is 37.9. The molecule has 1 fully saturated rings. The molecule has 4 heterocycles. The molecule has 6 atom stereocenters. The molecule has 9 aromatic carbocycles. The van der Waals surface area contributed by atoms with E-state index < -0.39 is 111 Å². The summed E-state index contributed by atoms with van der Waals surface area (Å²) in [7, 11) is 0. The van der Waals surface area contributed by atoms with Crippen LogP contribution in [-0.2, 0) is 24.0 Å². The number of nitrogens with one attached hydrogen (secondary N) is 1. The summed E-state index contributed by atoms with van der Waals surface area (Å²) >= 11 is 2.50. The van der Waals surface area contributed by atoms with Crippen molar-refractivity contribution in [2.45, 2.75) is 206 Å². The zero-order valence-corrected chi connectivity index (χ0v) is 73.2. The topological polar surface area (TPSA) is 127 Å². The van der Waals surface area contributed by atoms with E-state index in [9.17, 15) is 102 Å². The van der Waals surface area contributed by atoms with Gasteiger partial charge in [-0.05, 0) is 238 Å². The van der Waals surface area contributed by atoms with Gasteiger partial charge in [0.25, 0.3) is 0 Å². The first-order valence-electron chi connectivity index (χ1n) is 38.8. The summed E-state index contributed by atoms with van der Waals surface area (Å²) in [5.74, 6) is 0.655. The normalized spacial score (nSPS) is 16.8. The number of anilines is 3. The molecule has 666 valence electrons. The molecule has 0 radical (unpaired) electrons. The summed E-state index contributed by atoms with van der Waals surface area (Å²) in [6, 6.07) is 53.0. The van der Waals surface area contributed by atoms with Crippen LogP contribution in [0.4, 0.5) is 109 Å². The molecule has 1 saturated heterocycles. The molecule has 0 aliphatic carbocycles. The summed E-state index contributed by atoms with van der Waals surface area (Å²) in [6.07, 6.45) is -44.1. The summed E-state index contributed by atoms with van der Waals surface area (Å²) < 4.78 is 305. The van der Waals surface area contributed by atoms with Crippen molar-refractivity contribution in [1.82, 2.24) is 0 Å². The molecule has 35 heteroatoms. The van der Waals surface area contributed by atoms with E-state index in [4.69, 9.17) is 14.2 Å². The number of fused-ring (bicyclic) bond motifs is 3. The first-order chi connectivity index (χ1) is 57.3. The number of ether oxygens (including phenoxy) is 7. The predicted octanol–water partition coefficient (Wildman–Crippen LogP) is 24.5. The van der Waals surface area contributed by atoms with Crippen LogP contribution in [0.25, 0.3) is 33.4 Å². The van der Waals surface area contributed by atoms with Crippen LogP contribution < -0.4 is 43.5 Å². The van der Waals surface area contributed by atoms with Crippen LogP contribution >= 0.6 is 0 Å². The van der Waals surface area contributed by atoms with Crippen molar-refractivity contribution >= 4 is 80.2 Å². The van der Waals surface area contributed by atoms with Crippen LogP contribution in [0.5, 0.6) is 34.5 Å². The number of hydrogen-bond donors (Lipinski definition) is 3. The fraction of sp³-hybridized carbons (Fsp3) is 0.393. The van der Waals surface area contributed by atoms with Crippen molar-refractivity contribution in [3.63, 3.8) is 0 Å². The van der Waals surface area contributed by atoms with Crippen LogP contribution in [-0.4, -0.2) is 186 Å². The van der Waals surface area contributed by atoms with Gasteiger partial charge >= 0.3 is 119 Å². The number of benzene rings is 9. The van der Waals surface area contributed by atoms with Gasteiger partial charge in [-0.1, -0.05) is 124 Å². The zero-order valence-electron chi connectivity index (χ0n) is 66.9. The molecule has 3 N–H and O–H groups in total. The van der Waals surface area contributed by atoms with Gasteiger partial charge in [-0.3, -0.25) is 0 Å². The molecule has 4 aliphatic heterocycles. The van der Waals surface area contributed by atoms with Crippen LogP contribution in [0, 0.1) is 0 Å². The number of alkyl halides is 21. The van der Waals surface area contributed by atoms with Gasteiger partial charge in [-0.2, -0.15) is 92.2 Å². The Bertz CT molecular complexity index is 4680. The Morgan fingerprint density at radius 3 is 1.01 bits per heavy atom. The zero-order chi connectivity index (χ0) is 89.6. The van der Waals surface area contributed by atoms with Crippen molar-refractivity contribution in [2.75, 3.05) is 34.8 Å². The predicted molar refractivity (Wildman–Crippen MR) is 433 cm³/mol. The van der Waals surface area contributed by atoms with Crippen LogP contribution in [0.15, 0.2) is 200 Å². The molecule has 0 aromatic heterocycles. The average molecular weight is 1820 g/mol. The van der Waals surface area contributed by atoms with Gasteiger partial charge in [0.1, 0.15) is 34.5 Å². The van der Waals surface area contributed by atoms with Gasteiger partial charge in [-0.15, -0.1) is 0 Å². The van der Waals surface area contributed by atoms with E-state index in [0.29, 0.717) is 47.7 Å². The van der Waals surface area contributed by atoms with Gasteiger partial charge in [0.2, 0.25) is 0 Å². The van der Waals surface area contributed by atoms with E-state index >= 15 is 0 Å². The average Bonchev–Trinajstić information content (AvgIpc) is 0.832. The van der Waals surface area contributed by atoms with E-state index in [1.165, 1.54) is 115 Å². The molecule has 4 aliphatic rings. The molecule has 0 spiro atoms. The minimum atomic E-state index is -4.91. The number of nitrogens with zero attached hydrogens (tertiary/aromatic N) is 2. The van der Waals surface area contributed by atoms with E-state index in [2.05, 4.69) is 30.3 Å². The maximum absolute atomic E-state index is 13.5. The van der Waals surface area contributed by atoms with Crippen LogP contribution in [0.1, 0.15) is 127 Å². The Morgan fingerprint density at radius 2 is 0.694 bits per heavy atom. The summed E-state index contributed by atoms with van der Waals surface area (Å²) in [4.78, 5) is 2.75. The molecular formula is C89H92F21K2N3O9. The van der Waals surface area contributed by atoms with E-state index in [-0.39, 0.29) is 75.5 Å². The summed E-state index contributed by atoms with van der Waals surface area (Å²) in [5, 5.41) is 23.5. The Balaban J connectivity index is 0.000000242. The van der Waals surface area contributed by atoms with Gasteiger partial charge in [-0.25, -0.2) is 0 Å². The second-order valence-corrected chi connectivity index (χ2v) is 29.3. The quantitative estimate of drug-likeness (QED) is 0.0286. The monoisotopic (exact) mass is 1820 g/mol.